The highest BCUT2D eigenvalue weighted by molar-refractivity contribution is 5.93. The average Bonchev–Trinajstić information content (AvgIpc) is 2.51. The third kappa shape index (κ3) is 4.95. The molecule has 0 saturated carbocycles. The van der Waals surface area contributed by atoms with Crippen LogP contribution in [0.1, 0.15) is 35.3 Å². The Morgan fingerprint density at radius 3 is 2.32 bits per heavy atom. The van der Waals surface area contributed by atoms with E-state index in [2.05, 4.69) is 0 Å². The summed E-state index contributed by atoms with van der Waals surface area (Å²) in [6.45, 7) is 2.97. The van der Waals surface area contributed by atoms with Crippen LogP contribution in [0.2, 0.25) is 0 Å². The van der Waals surface area contributed by atoms with Gasteiger partial charge >= 0.3 is 12.1 Å². The van der Waals surface area contributed by atoms with Crippen molar-refractivity contribution < 1.29 is 31.8 Å². The van der Waals surface area contributed by atoms with Crippen LogP contribution in [-0.2, 0) is 17.5 Å². The first kappa shape index (κ1) is 18.8. The lowest BCUT2D eigenvalue weighted by molar-refractivity contribution is -0.137. The SMILES string of the molecule is CC(C)OC(=O)c1c(F)cc(C(F)(F)F)cc1OCc1ccccc1. The molecule has 0 spiro atoms. The zero-order valence-corrected chi connectivity index (χ0v) is 13.6. The van der Waals surface area contributed by atoms with Crippen molar-refractivity contribution in [3.8, 4) is 5.75 Å². The van der Waals surface area contributed by atoms with Gasteiger partial charge in [0.1, 0.15) is 23.7 Å². The fraction of sp³-hybridized carbons (Fsp3) is 0.278. The van der Waals surface area contributed by atoms with Gasteiger partial charge in [0.25, 0.3) is 0 Å². The van der Waals surface area contributed by atoms with Crippen molar-refractivity contribution in [1.82, 2.24) is 0 Å². The highest BCUT2D eigenvalue weighted by atomic mass is 19.4. The minimum atomic E-state index is -4.77. The van der Waals surface area contributed by atoms with Crippen LogP contribution in [0.5, 0.6) is 5.75 Å². The maximum absolute atomic E-state index is 14.2. The number of ether oxygens (including phenoxy) is 2. The number of carbonyl (C=O) groups is 1. The molecule has 25 heavy (non-hydrogen) atoms. The quantitative estimate of drug-likeness (QED) is 0.559. The highest BCUT2D eigenvalue weighted by Gasteiger charge is 2.34. The molecule has 0 aliphatic heterocycles. The van der Waals surface area contributed by atoms with Gasteiger partial charge in [0.15, 0.2) is 0 Å². The number of hydrogen-bond donors (Lipinski definition) is 0. The summed E-state index contributed by atoms with van der Waals surface area (Å²) in [6, 6.07) is 9.44. The number of alkyl halides is 3. The first-order chi connectivity index (χ1) is 11.7. The smallest absolute Gasteiger partial charge is 0.416 e. The van der Waals surface area contributed by atoms with Crippen LogP contribution in [0.25, 0.3) is 0 Å². The van der Waals surface area contributed by atoms with Gasteiger partial charge in [-0.1, -0.05) is 30.3 Å². The van der Waals surface area contributed by atoms with Crippen LogP contribution in [0.4, 0.5) is 17.6 Å². The van der Waals surface area contributed by atoms with Gasteiger partial charge < -0.3 is 9.47 Å². The van der Waals surface area contributed by atoms with Gasteiger partial charge in [0.2, 0.25) is 0 Å². The number of carbonyl (C=O) groups excluding carboxylic acids is 1. The van der Waals surface area contributed by atoms with Crippen LogP contribution in [-0.4, -0.2) is 12.1 Å². The van der Waals surface area contributed by atoms with Gasteiger partial charge in [0.05, 0.1) is 11.7 Å². The van der Waals surface area contributed by atoms with E-state index in [1.807, 2.05) is 0 Å². The molecule has 0 heterocycles. The monoisotopic (exact) mass is 356 g/mol. The highest BCUT2D eigenvalue weighted by Crippen LogP contribution is 2.35. The number of rotatable bonds is 5. The summed E-state index contributed by atoms with van der Waals surface area (Å²) in [5.74, 6) is -2.94. The van der Waals surface area contributed by atoms with Crippen molar-refractivity contribution in [3.05, 3.63) is 65.0 Å². The predicted molar refractivity (Wildman–Crippen MR) is 82.7 cm³/mol. The Labute approximate surface area is 142 Å². The van der Waals surface area contributed by atoms with Gasteiger partial charge in [-0.05, 0) is 31.5 Å². The van der Waals surface area contributed by atoms with Crippen molar-refractivity contribution in [2.24, 2.45) is 0 Å². The molecule has 0 bridgehead atoms. The third-order valence-corrected chi connectivity index (χ3v) is 3.17. The third-order valence-electron chi connectivity index (χ3n) is 3.17. The summed E-state index contributed by atoms with van der Waals surface area (Å²) in [4.78, 5) is 12.0. The van der Waals surface area contributed by atoms with E-state index in [1.54, 1.807) is 44.2 Å². The zero-order chi connectivity index (χ0) is 18.6. The van der Waals surface area contributed by atoms with E-state index in [9.17, 15) is 22.4 Å². The lowest BCUT2D eigenvalue weighted by Gasteiger charge is -2.16. The molecular weight excluding hydrogens is 340 g/mol. The normalized spacial score (nSPS) is 11.5. The molecule has 0 aromatic heterocycles. The van der Waals surface area contributed by atoms with E-state index in [0.717, 1.165) is 0 Å². The van der Waals surface area contributed by atoms with Gasteiger partial charge in [-0.2, -0.15) is 13.2 Å². The molecule has 7 heteroatoms. The van der Waals surface area contributed by atoms with Crippen molar-refractivity contribution in [1.29, 1.82) is 0 Å². The minimum absolute atomic E-state index is 0.121. The lowest BCUT2D eigenvalue weighted by atomic mass is 10.1. The molecule has 0 amide bonds. The number of esters is 1. The maximum atomic E-state index is 14.2. The van der Waals surface area contributed by atoms with E-state index < -0.39 is 40.9 Å². The number of halogens is 4. The average molecular weight is 356 g/mol. The molecule has 0 radical (unpaired) electrons. The minimum Gasteiger partial charge on any atom is -0.488 e. The Hall–Kier alpha value is -2.57. The largest absolute Gasteiger partial charge is 0.488 e. The molecule has 2 aromatic carbocycles. The topological polar surface area (TPSA) is 35.5 Å². The maximum Gasteiger partial charge on any atom is 0.416 e. The standard InChI is InChI=1S/C18H16F4O3/c1-11(2)25-17(23)16-14(19)8-13(18(20,21)22)9-15(16)24-10-12-6-4-3-5-7-12/h3-9,11H,10H2,1-2H3. The van der Waals surface area contributed by atoms with E-state index >= 15 is 0 Å². The Morgan fingerprint density at radius 1 is 1.12 bits per heavy atom. The fourth-order valence-electron chi connectivity index (χ4n) is 2.07. The van der Waals surface area contributed by atoms with Gasteiger partial charge in [-0.25, -0.2) is 9.18 Å². The Balaban J connectivity index is 2.41. The van der Waals surface area contributed by atoms with E-state index in [1.165, 1.54) is 0 Å². The zero-order valence-electron chi connectivity index (χ0n) is 13.6. The first-order valence-electron chi connectivity index (χ1n) is 7.47. The number of benzene rings is 2. The predicted octanol–water partition coefficient (Wildman–Crippen LogP) is 4.99. The first-order valence-corrected chi connectivity index (χ1v) is 7.47. The lowest BCUT2D eigenvalue weighted by Crippen LogP contribution is -2.16. The summed E-state index contributed by atoms with van der Waals surface area (Å²) in [5.41, 5.74) is -1.24. The molecule has 3 nitrogen and oxygen atoms in total. The summed E-state index contributed by atoms with van der Waals surface area (Å²) in [6.07, 6.45) is -5.33. The Morgan fingerprint density at radius 2 is 1.76 bits per heavy atom. The second-order valence-corrected chi connectivity index (χ2v) is 5.56. The van der Waals surface area contributed by atoms with Gasteiger partial charge in [-0.3, -0.25) is 0 Å². The molecule has 0 aliphatic rings. The van der Waals surface area contributed by atoms with Crippen LogP contribution < -0.4 is 4.74 Å². The molecule has 0 saturated heterocycles. The van der Waals surface area contributed by atoms with Crippen molar-refractivity contribution >= 4 is 5.97 Å². The molecule has 0 unspecified atom stereocenters. The number of hydrogen-bond acceptors (Lipinski definition) is 3. The van der Waals surface area contributed by atoms with Crippen molar-refractivity contribution in [2.45, 2.75) is 32.7 Å². The van der Waals surface area contributed by atoms with Crippen LogP contribution in [0, 0.1) is 5.82 Å². The van der Waals surface area contributed by atoms with Gasteiger partial charge in [-0.15, -0.1) is 0 Å². The Kier molecular flexibility index (Phi) is 5.66. The van der Waals surface area contributed by atoms with Crippen molar-refractivity contribution in [2.75, 3.05) is 0 Å². The Bertz CT molecular complexity index is 740. The molecule has 0 atom stereocenters. The second-order valence-electron chi connectivity index (χ2n) is 5.56. The van der Waals surface area contributed by atoms with E-state index in [-0.39, 0.29) is 12.7 Å². The molecule has 134 valence electrons. The van der Waals surface area contributed by atoms with E-state index in [0.29, 0.717) is 11.6 Å². The molecular formula is C18H16F4O3. The van der Waals surface area contributed by atoms with E-state index in [4.69, 9.17) is 9.47 Å². The second kappa shape index (κ2) is 7.55. The van der Waals surface area contributed by atoms with Gasteiger partial charge in [0, 0.05) is 0 Å². The molecule has 0 aliphatic carbocycles. The molecule has 2 aromatic rings. The molecule has 2 rings (SSSR count). The summed E-state index contributed by atoms with van der Waals surface area (Å²) < 4.78 is 63.1. The molecule has 0 N–H and O–H groups in total. The summed E-state index contributed by atoms with van der Waals surface area (Å²) in [5, 5.41) is 0. The van der Waals surface area contributed by atoms with Crippen LogP contribution >= 0.6 is 0 Å². The fourth-order valence-corrected chi connectivity index (χ4v) is 2.07. The van der Waals surface area contributed by atoms with Crippen LogP contribution in [0.3, 0.4) is 0 Å². The van der Waals surface area contributed by atoms with Crippen LogP contribution in [0.15, 0.2) is 42.5 Å². The van der Waals surface area contributed by atoms with Crippen molar-refractivity contribution in [3.63, 3.8) is 0 Å². The summed E-state index contributed by atoms with van der Waals surface area (Å²) >= 11 is 0. The molecule has 0 fully saturated rings. The summed E-state index contributed by atoms with van der Waals surface area (Å²) in [7, 11) is 0.